The number of aryl methyl sites for hydroxylation is 3. The number of benzene rings is 1. The van der Waals surface area contributed by atoms with E-state index in [1.165, 1.54) is 0 Å². The van der Waals surface area contributed by atoms with Crippen LogP contribution in [0.4, 0.5) is 8.63 Å². The summed E-state index contributed by atoms with van der Waals surface area (Å²) in [5, 5.41) is 0.820. The van der Waals surface area contributed by atoms with Crippen molar-refractivity contribution in [3.63, 3.8) is 0 Å². The molecule has 3 heterocycles. The van der Waals surface area contributed by atoms with E-state index in [1.54, 1.807) is 25.2 Å². The maximum absolute atomic E-state index is 14.2. The van der Waals surface area contributed by atoms with E-state index in [9.17, 15) is 13.4 Å². The average Bonchev–Trinajstić information content (AvgIpc) is 3.28. The molecule has 38 heavy (non-hydrogen) atoms. The van der Waals surface area contributed by atoms with E-state index in [1.807, 2.05) is 50.6 Å². The number of aromatic nitrogens is 1. The zero-order chi connectivity index (χ0) is 27.1. The molecule has 0 bridgehead atoms. The van der Waals surface area contributed by atoms with Gasteiger partial charge in [-0.05, 0) is 87.6 Å². The number of hydrogen-bond acceptors (Lipinski definition) is 2. The van der Waals surface area contributed by atoms with Crippen LogP contribution in [-0.2, 0) is 13.5 Å². The molecule has 1 aliphatic carbocycles. The van der Waals surface area contributed by atoms with Crippen molar-refractivity contribution < 1.29 is 17.5 Å². The van der Waals surface area contributed by atoms with Crippen LogP contribution in [0.25, 0.3) is 22.6 Å². The van der Waals surface area contributed by atoms with Gasteiger partial charge in [0.15, 0.2) is 11.4 Å². The van der Waals surface area contributed by atoms with Gasteiger partial charge in [-0.2, -0.15) is 0 Å². The fraction of sp³-hybridized carbons (Fsp3) is 0.290. The fourth-order valence-electron chi connectivity index (χ4n) is 5.52. The Morgan fingerprint density at radius 3 is 2.63 bits per heavy atom. The van der Waals surface area contributed by atoms with Crippen molar-refractivity contribution in [3.05, 3.63) is 91.7 Å². The maximum Gasteiger partial charge on any atom is 0.934 e. The van der Waals surface area contributed by atoms with Crippen LogP contribution in [0.15, 0.2) is 56.9 Å². The topological polar surface area (TPSA) is 38.1 Å². The van der Waals surface area contributed by atoms with Crippen molar-refractivity contribution in [2.75, 3.05) is 0 Å². The highest BCUT2D eigenvalue weighted by atomic mass is 19.2. The summed E-state index contributed by atoms with van der Waals surface area (Å²) in [5.41, 5.74) is 7.52. The van der Waals surface area contributed by atoms with E-state index in [-0.39, 0.29) is 0 Å². The zero-order valence-electron chi connectivity index (χ0n) is 22.4. The van der Waals surface area contributed by atoms with Crippen LogP contribution in [0.3, 0.4) is 0 Å². The molecule has 1 aromatic carbocycles. The van der Waals surface area contributed by atoms with Gasteiger partial charge in [-0.15, -0.1) is 0 Å². The molecule has 5 rings (SSSR count). The first kappa shape index (κ1) is 25.7. The summed E-state index contributed by atoms with van der Waals surface area (Å²) in [4.78, 5) is 13.0. The summed E-state index contributed by atoms with van der Waals surface area (Å²) in [7, 11) is -0.776. The van der Waals surface area contributed by atoms with E-state index < -0.39 is 13.0 Å². The lowest BCUT2D eigenvalue weighted by molar-refractivity contribution is -0.343. The van der Waals surface area contributed by atoms with Gasteiger partial charge in [-0.3, -0.25) is 0 Å². The molecule has 192 valence electrons. The summed E-state index contributed by atoms with van der Waals surface area (Å²) in [6, 6.07) is 7.75. The summed E-state index contributed by atoms with van der Waals surface area (Å²) in [5.74, 6) is 6.39. The molecule has 4 nitrogen and oxygen atoms in total. The maximum atomic E-state index is 14.2. The minimum absolute atomic E-state index is 0.361. The molecule has 2 aliphatic rings. The normalized spacial score (nSPS) is 16.8. The second-order valence-electron chi connectivity index (χ2n) is 10.1. The summed E-state index contributed by atoms with van der Waals surface area (Å²) >= 11 is 0. The molecule has 0 saturated carbocycles. The third-order valence-electron chi connectivity index (χ3n) is 7.42. The number of rotatable bonds is 4. The summed E-state index contributed by atoms with van der Waals surface area (Å²) < 4.78 is 37.2. The molecule has 7 heteroatoms. The molecule has 0 N–H and O–H groups in total. The van der Waals surface area contributed by atoms with Crippen LogP contribution in [0.5, 0.6) is 0 Å². The van der Waals surface area contributed by atoms with E-state index in [2.05, 4.69) is 17.9 Å². The fourth-order valence-corrected chi connectivity index (χ4v) is 5.52. The molecule has 0 unspecified atom stereocenters. The Hall–Kier alpha value is -3.92. The van der Waals surface area contributed by atoms with Crippen LogP contribution < -0.4 is 5.63 Å². The first-order valence-corrected chi connectivity index (χ1v) is 12.9. The van der Waals surface area contributed by atoms with Gasteiger partial charge in [0.1, 0.15) is 5.58 Å². The highest BCUT2D eigenvalue weighted by Gasteiger charge is 2.44. The number of halogens is 2. The summed E-state index contributed by atoms with van der Waals surface area (Å²) in [6.07, 6.45) is 9.14. The van der Waals surface area contributed by atoms with Crippen LogP contribution >= 0.6 is 0 Å². The number of hydrogen-bond donors (Lipinski definition) is 0. The Labute approximate surface area is 221 Å². The largest absolute Gasteiger partial charge is 0.934 e. The quantitative estimate of drug-likeness (QED) is 0.225. The molecule has 0 saturated heterocycles. The monoisotopic (exact) mass is 511 g/mol. The zero-order valence-corrected chi connectivity index (χ0v) is 22.4. The third kappa shape index (κ3) is 4.60. The lowest BCUT2D eigenvalue weighted by atomic mass is 9.96. The molecular formula is C31H30BF2N2O2+. The number of allylic oxidation sites excluding steroid dienone is 4. The standard InChI is InChI=1S/C31H30BF2N2O2/c1-19-14-21(3)35(5)29(19)27(30-20(2)15-22(4)36(30)32(33)34)13-12-25-17-26-16-23-10-8-6-7-9-11-24(23)18-28(26)38-31(25)37/h12-18H,6-8,10H2,1-5H3/q+1/b13-12+. The Balaban J connectivity index is 1.69. The molecule has 3 aromatic rings. The highest BCUT2D eigenvalue weighted by molar-refractivity contribution is 6.35. The lowest BCUT2D eigenvalue weighted by Crippen LogP contribution is -2.25. The number of fused-ring (bicyclic) bond motifs is 2. The van der Waals surface area contributed by atoms with Crippen LogP contribution in [0.2, 0.25) is 0 Å². The Morgan fingerprint density at radius 2 is 1.92 bits per heavy atom. The van der Waals surface area contributed by atoms with E-state index in [0.29, 0.717) is 28.1 Å². The smallest absolute Gasteiger partial charge is 0.422 e. The first-order valence-electron chi connectivity index (χ1n) is 12.9. The second-order valence-corrected chi connectivity index (χ2v) is 10.1. The highest BCUT2D eigenvalue weighted by Crippen LogP contribution is 2.34. The van der Waals surface area contributed by atoms with Gasteiger partial charge in [0.25, 0.3) is 0 Å². The molecule has 0 spiro atoms. The van der Waals surface area contributed by atoms with Crippen LogP contribution in [0, 0.1) is 25.7 Å². The summed E-state index contributed by atoms with van der Waals surface area (Å²) in [6.45, 7) is 7.46. The number of nitrogens with zero attached hydrogens (tertiary/aromatic N) is 2. The average molecular weight is 511 g/mol. The Morgan fingerprint density at radius 1 is 1.13 bits per heavy atom. The molecule has 1 aliphatic heterocycles. The third-order valence-corrected chi connectivity index (χ3v) is 7.42. The molecule has 0 atom stereocenters. The van der Waals surface area contributed by atoms with Crippen molar-refractivity contribution in [3.8, 4) is 11.8 Å². The SMILES string of the molecule is CC1=CC(C)=[N+](B(F)F)/C1=C(/C=C/c1cc2cc3c(cc2oc1=O)C#CCCCC3)c1c(C)cc(C)n1C. The predicted octanol–water partition coefficient (Wildman–Crippen LogP) is 6.61. The van der Waals surface area contributed by atoms with E-state index in [4.69, 9.17) is 4.42 Å². The van der Waals surface area contributed by atoms with Crippen LogP contribution in [0.1, 0.15) is 66.8 Å². The first-order chi connectivity index (χ1) is 18.2. The van der Waals surface area contributed by atoms with Gasteiger partial charge in [0.2, 0.25) is 0 Å². The van der Waals surface area contributed by atoms with Gasteiger partial charge < -0.3 is 8.98 Å². The van der Waals surface area contributed by atoms with Gasteiger partial charge in [-0.1, -0.05) is 11.8 Å². The molecule has 2 aromatic heterocycles. The molecule has 0 radical (unpaired) electrons. The van der Waals surface area contributed by atoms with Crippen molar-refractivity contribution in [2.24, 2.45) is 7.05 Å². The Bertz CT molecular complexity index is 1720. The van der Waals surface area contributed by atoms with Crippen LogP contribution in [-0.4, -0.2) is 22.2 Å². The van der Waals surface area contributed by atoms with E-state index in [0.717, 1.165) is 69.2 Å². The van der Waals surface area contributed by atoms with Crippen molar-refractivity contribution >= 4 is 35.7 Å². The molecule has 0 fully saturated rings. The van der Waals surface area contributed by atoms with E-state index >= 15 is 0 Å². The van der Waals surface area contributed by atoms with Crippen molar-refractivity contribution in [1.29, 1.82) is 0 Å². The van der Waals surface area contributed by atoms with Gasteiger partial charge >= 0.3 is 13.0 Å². The van der Waals surface area contributed by atoms with Crippen molar-refractivity contribution in [1.82, 2.24) is 4.57 Å². The van der Waals surface area contributed by atoms with Gasteiger partial charge in [-0.25, -0.2) is 17.9 Å². The molecule has 0 amide bonds. The lowest BCUT2D eigenvalue weighted by Gasteiger charge is -2.12. The Kier molecular flexibility index (Phi) is 6.83. The second kappa shape index (κ2) is 10.1. The van der Waals surface area contributed by atoms with Gasteiger partial charge in [0.05, 0.1) is 16.8 Å². The van der Waals surface area contributed by atoms with Gasteiger partial charge in [0, 0.05) is 48.7 Å². The molecular weight excluding hydrogens is 481 g/mol. The minimum atomic E-state index is -2.70. The predicted molar refractivity (Wildman–Crippen MR) is 150 cm³/mol. The minimum Gasteiger partial charge on any atom is -0.422 e. The van der Waals surface area contributed by atoms with Crippen molar-refractivity contribution in [2.45, 2.75) is 53.4 Å².